The second kappa shape index (κ2) is 23.0. The minimum Gasteiger partial charge on any atom is -0.396 e. The Hall–Kier alpha value is -1.66. The van der Waals surface area contributed by atoms with Gasteiger partial charge in [-0.15, -0.1) is 0 Å². The third-order valence-electron chi connectivity index (χ3n) is 5.02. The van der Waals surface area contributed by atoms with Crippen LogP contribution in [0.25, 0.3) is 0 Å². The van der Waals surface area contributed by atoms with Crippen molar-refractivity contribution in [2.75, 3.05) is 39.3 Å². The minimum atomic E-state index is 0.0351. The van der Waals surface area contributed by atoms with Crippen molar-refractivity contribution in [3.63, 3.8) is 0 Å². The Kier molecular flexibility index (Phi) is 21.8. The van der Waals surface area contributed by atoms with E-state index in [2.05, 4.69) is 41.5 Å². The summed E-state index contributed by atoms with van der Waals surface area (Å²) in [5.74, 6) is 0.0701. The first kappa shape index (κ1) is 29.3. The number of hydrogen-bond donors (Lipinski definition) is 3. The number of nitrogens with zero attached hydrogens (tertiary/aromatic N) is 1. The lowest BCUT2D eigenvalue weighted by Crippen LogP contribution is -2.40. The Balaban J connectivity index is 3.99. The molecule has 0 aliphatic heterocycles. The van der Waals surface area contributed by atoms with E-state index in [4.69, 9.17) is 5.11 Å². The summed E-state index contributed by atoms with van der Waals surface area (Å²) < 4.78 is 0. The van der Waals surface area contributed by atoms with Gasteiger partial charge in [0.25, 0.3) is 0 Å². The molecule has 6 heteroatoms. The first-order valence-corrected chi connectivity index (χ1v) is 12.3. The highest BCUT2D eigenvalue weighted by Gasteiger charge is 2.06. The van der Waals surface area contributed by atoms with Crippen molar-refractivity contribution in [2.45, 2.75) is 84.5 Å². The summed E-state index contributed by atoms with van der Waals surface area (Å²) >= 11 is 0. The summed E-state index contributed by atoms with van der Waals surface area (Å²) in [6, 6.07) is 0. The van der Waals surface area contributed by atoms with Gasteiger partial charge in [-0.25, -0.2) is 0 Å². The van der Waals surface area contributed by atoms with E-state index in [0.29, 0.717) is 45.4 Å². The van der Waals surface area contributed by atoms with Crippen LogP contribution in [-0.2, 0) is 9.59 Å². The average Bonchev–Trinajstić information content (AvgIpc) is 2.76. The lowest BCUT2D eigenvalue weighted by Gasteiger charge is -2.22. The number of hydrogen-bond acceptors (Lipinski definition) is 4. The van der Waals surface area contributed by atoms with E-state index >= 15 is 0 Å². The van der Waals surface area contributed by atoms with Crippen molar-refractivity contribution < 1.29 is 14.7 Å². The summed E-state index contributed by atoms with van der Waals surface area (Å²) in [4.78, 5) is 26.0. The van der Waals surface area contributed by atoms with Crippen LogP contribution in [0.2, 0.25) is 0 Å². The highest BCUT2D eigenvalue weighted by Crippen LogP contribution is 2.01. The first-order chi connectivity index (χ1) is 15.1. The molecule has 0 fully saturated rings. The Morgan fingerprint density at radius 2 is 1.19 bits per heavy atom. The van der Waals surface area contributed by atoms with Crippen molar-refractivity contribution in [2.24, 2.45) is 0 Å². The van der Waals surface area contributed by atoms with Crippen molar-refractivity contribution >= 4 is 11.8 Å². The Morgan fingerprint density at radius 3 is 1.61 bits per heavy atom. The van der Waals surface area contributed by atoms with E-state index in [9.17, 15) is 9.59 Å². The number of allylic oxidation sites excluding steroid dienone is 2. The smallest absolute Gasteiger partial charge is 0.223 e. The topological polar surface area (TPSA) is 81.7 Å². The maximum Gasteiger partial charge on any atom is 0.223 e. The van der Waals surface area contributed by atoms with Gasteiger partial charge in [-0.1, -0.05) is 63.8 Å². The van der Waals surface area contributed by atoms with E-state index in [1.54, 1.807) is 0 Å². The molecule has 3 N–H and O–H groups in total. The van der Waals surface area contributed by atoms with Crippen LogP contribution in [0.4, 0.5) is 0 Å². The molecule has 6 nitrogen and oxygen atoms in total. The highest BCUT2D eigenvalue weighted by atomic mass is 16.3. The maximum atomic E-state index is 11.9. The first-order valence-electron chi connectivity index (χ1n) is 12.3. The summed E-state index contributed by atoms with van der Waals surface area (Å²) in [7, 11) is 0. The molecule has 0 bridgehead atoms. The molecule has 0 spiro atoms. The standard InChI is InChI=1S/C25H47N3O3/c1-3-5-7-9-11-13-16-24(30)26-18-21-28(20-15-23-29)22-19-27-25(31)17-14-12-10-8-6-4-2/h11-14,29H,3-10,15-23H2,1-2H3,(H,26,30)(H,27,31)/b13-11+,14-12+. The largest absolute Gasteiger partial charge is 0.396 e. The molecule has 0 atom stereocenters. The van der Waals surface area contributed by atoms with Crippen LogP contribution in [0.1, 0.15) is 84.5 Å². The fourth-order valence-corrected chi connectivity index (χ4v) is 3.12. The molecule has 2 amide bonds. The van der Waals surface area contributed by atoms with Gasteiger partial charge in [0, 0.05) is 52.2 Å². The van der Waals surface area contributed by atoms with Crippen LogP contribution in [-0.4, -0.2) is 61.2 Å². The van der Waals surface area contributed by atoms with Crippen molar-refractivity contribution in [3.05, 3.63) is 24.3 Å². The zero-order valence-electron chi connectivity index (χ0n) is 20.0. The van der Waals surface area contributed by atoms with E-state index in [1.165, 1.54) is 38.5 Å². The van der Waals surface area contributed by atoms with E-state index < -0.39 is 0 Å². The Labute approximate surface area is 190 Å². The van der Waals surface area contributed by atoms with Crippen LogP contribution < -0.4 is 10.6 Å². The summed E-state index contributed by atoms with van der Waals surface area (Å²) in [5.41, 5.74) is 0. The van der Waals surface area contributed by atoms with Gasteiger partial charge in [0.1, 0.15) is 0 Å². The molecule has 0 aliphatic rings. The number of rotatable bonds is 21. The van der Waals surface area contributed by atoms with E-state index in [1.807, 2.05) is 12.2 Å². The molecular weight excluding hydrogens is 390 g/mol. The third-order valence-corrected chi connectivity index (χ3v) is 5.02. The van der Waals surface area contributed by atoms with Crippen molar-refractivity contribution in [1.82, 2.24) is 15.5 Å². The summed E-state index contributed by atoms with van der Waals surface area (Å²) in [5, 5.41) is 15.0. The lowest BCUT2D eigenvalue weighted by molar-refractivity contribution is -0.120. The molecule has 0 saturated heterocycles. The quantitative estimate of drug-likeness (QED) is 0.188. The number of aliphatic hydroxyl groups is 1. The Bertz CT molecular complexity index is 452. The molecule has 0 aromatic heterocycles. The van der Waals surface area contributed by atoms with Crippen LogP contribution in [0.15, 0.2) is 24.3 Å². The molecule has 0 rings (SSSR count). The molecular formula is C25H47N3O3. The average molecular weight is 438 g/mol. The minimum absolute atomic E-state index is 0.0351. The van der Waals surface area contributed by atoms with Gasteiger partial charge in [0.05, 0.1) is 0 Å². The lowest BCUT2D eigenvalue weighted by atomic mass is 10.2. The van der Waals surface area contributed by atoms with Crippen molar-refractivity contribution in [1.29, 1.82) is 0 Å². The highest BCUT2D eigenvalue weighted by molar-refractivity contribution is 5.77. The monoisotopic (exact) mass is 437 g/mol. The molecule has 0 aliphatic carbocycles. The molecule has 0 saturated carbocycles. The molecule has 0 unspecified atom stereocenters. The summed E-state index contributed by atoms with van der Waals surface area (Å²) in [6.45, 7) is 7.81. The molecule has 0 aromatic carbocycles. The second-order valence-corrected chi connectivity index (χ2v) is 7.96. The van der Waals surface area contributed by atoms with Gasteiger partial charge >= 0.3 is 0 Å². The number of unbranched alkanes of at least 4 members (excludes halogenated alkanes) is 6. The van der Waals surface area contributed by atoms with Crippen LogP contribution in [0.5, 0.6) is 0 Å². The Morgan fingerprint density at radius 1 is 0.710 bits per heavy atom. The SMILES string of the molecule is CCCCC/C=C/CC(=O)NCCN(CCCO)CCNC(=O)C/C=C/CCCCC. The van der Waals surface area contributed by atoms with Gasteiger partial charge in [-0.3, -0.25) is 14.5 Å². The van der Waals surface area contributed by atoms with Gasteiger partial charge in [-0.2, -0.15) is 0 Å². The number of amides is 2. The predicted octanol–water partition coefficient (Wildman–Crippen LogP) is 3.96. The third kappa shape index (κ3) is 21.4. The fourth-order valence-electron chi connectivity index (χ4n) is 3.12. The van der Waals surface area contributed by atoms with Gasteiger partial charge in [0.2, 0.25) is 11.8 Å². The zero-order valence-corrected chi connectivity index (χ0v) is 20.0. The molecule has 0 radical (unpaired) electrons. The van der Waals surface area contributed by atoms with Gasteiger partial charge < -0.3 is 15.7 Å². The fraction of sp³-hybridized carbons (Fsp3) is 0.760. The number of aliphatic hydroxyl groups excluding tert-OH is 1. The van der Waals surface area contributed by atoms with E-state index in [0.717, 1.165) is 19.4 Å². The van der Waals surface area contributed by atoms with Gasteiger partial charge in [-0.05, 0) is 32.1 Å². The molecule has 0 aromatic rings. The number of carbonyl (C=O) groups is 2. The summed E-state index contributed by atoms with van der Waals surface area (Å²) in [6.07, 6.45) is 18.9. The zero-order chi connectivity index (χ0) is 23.0. The van der Waals surface area contributed by atoms with Crippen LogP contribution in [0.3, 0.4) is 0 Å². The van der Waals surface area contributed by atoms with Crippen molar-refractivity contribution in [3.8, 4) is 0 Å². The number of carbonyl (C=O) groups excluding carboxylic acids is 2. The van der Waals surface area contributed by atoms with E-state index in [-0.39, 0.29) is 18.4 Å². The van der Waals surface area contributed by atoms with Crippen LogP contribution >= 0.6 is 0 Å². The number of nitrogens with one attached hydrogen (secondary N) is 2. The van der Waals surface area contributed by atoms with Crippen LogP contribution in [0, 0.1) is 0 Å². The molecule has 180 valence electrons. The van der Waals surface area contributed by atoms with Gasteiger partial charge in [0.15, 0.2) is 0 Å². The second-order valence-electron chi connectivity index (χ2n) is 7.96. The maximum absolute atomic E-state index is 11.9. The molecule has 31 heavy (non-hydrogen) atoms. The molecule has 0 heterocycles. The predicted molar refractivity (Wildman–Crippen MR) is 130 cm³/mol. The normalized spacial score (nSPS) is 11.6.